The number of ether oxygens (including phenoxy) is 2. The monoisotopic (exact) mass is 502 g/mol. The normalized spacial score (nSPS) is 10.6. The predicted molar refractivity (Wildman–Crippen MR) is 135 cm³/mol. The Kier molecular flexibility index (Phi) is 7.43. The Balaban J connectivity index is 1.57. The van der Waals surface area contributed by atoms with E-state index in [1.807, 2.05) is 30.3 Å². The highest BCUT2D eigenvalue weighted by atomic mass is 19.1. The minimum atomic E-state index is -1.000. The lowest BCUT2D eigenvalue weighted by Crippen LogP contribution is -2.26. The minimum absolute atomic E-state index is 0.140. The van der Waals surface area contributed by atoms with Crippen molar-refractivity contribution in [2.45, 2.75) is 13.5 Å². The van der Waals surface area contributed by atoms with Gasteiger partial charge in [0.2, 0.25) is 0 Å². The van der Waals surface area contributed by atoms with Gasteiger partial charge in [0.15, 0.2) is 11.6 Å². The van der Waals surface area contributed by atoms with Gasteiger partial charge in [0.25, 0.3) is 17.7 Å². The molecule has 0 fully saturated rings. The van der Waals surface area contributed by atoms with Crippen LogP contribution in [-0.2, 0) is 6.54 Å². The van der Waals surface area contributed by atoms with Crippen LogP contribution in [0.4, 0.5) is 8.78 Å². The number of benzene rings is 3. The molecule has 37 heavy (non-hydrogen) atoms. The van der Waals surface area contributed by atoms with E-state index in [0.717, 1.165) is 5.56 Å². The summed E-state index contributed by atoms with van der Waals surface area (Å²) < 4.78 is 40.8. The van der Waals surface area contributed by atoms with Gasteiger partial charge in [-0.05, 0) is 42.8 Å². The number of nitrogens with two attached hydrogens (primary N) is 1. The largest absolute Gasteiger partial charge is 0.436 e. The summed E-state index contributed by atoms with van der Waals surface area (Å²) in [5.74, 6) is -3.17. The van der Waals surface area contributed by atoms with Crippen LogP contribution in [0, 0.1) is 24.0 Å². The zero-order valence-electron chi connectivity index (χ0n) is 20.2. The van der Waals surface area contributed by atoms with Crippen LogP contribution in [0.15, 0.2) is 78.9 Å². The molecule has 4 aromatic rings. The summed E-state index contributed by atoms with van der Waals surface area (Å²) in [4.78, 5) is 18.4. The summed E-state index contributed by atoms with van der Waals surface area (Å²) in [7, 11) is 1.68. The van der Waals surface area contributed by atoms with Gasteiger partial charge >= 0.3 is 0 Å². The molecule has 4 rings (SSSR count). The third-order valence-corrected chi connectivity index (χ3v) is 5.50. The predicted octanol–water partition coefficient (Wildman–Crippen LogP) is 5.81. The average Bonchev–Trinajstić information content (AvgIpc) is 2.90. The number of carbonyl (C=O) groups is 1. The van der Waals surface area contributed by atoms with E-state index in [1.165, 1.54) is 31.2 Å². The highest BCUT2D eigenvalue weighted by Crippen LogP contribution is 2.33. The van der Waals surface area contributed by atoms with Crippen molar-refractivity contribution in [1.82, 2.24) is 9.88 Å². The number of hydrogen-bond donors (Lipinski definition) is 2. The number of nitrogens with one attached hydrogen (secondary N) is 1. The van der Waals surface area contributed by atoms with E-state index in [-0.39, 0.29) is 28.8 Å². The first-order chi connectivity index (χ1) is 17.7. The Morgan fingerprint density at radius 3 is 2.00 bits per heavy atom. The summed E-state index contributed by atoms with van der Waals surface area (Å²) in [5.41, 5.74) is 6.81. The first-order valence-corrected chi connectivity index (χ1v) is 11.3. The molecule has 7 nitrogen and oxygen atoms in total. The van der Waals surface area contributed by atoms with Crippen molar-refractivity contribution in [2.75, 3.05) is 7.05 Å². The molecule has 1 aromatic heterocycles. The molecular formula is C28H24F2N4O3. The number of amides is 1. The number of nitrogen functional groups attached to an aromatic ring is 1. The van der Waals surface area contributed by atoms with E-state index < -0.39 is 23.4 Å². The zero-order valence-corrected chi connectivity index (χ0v) is 20.2. The molecule has 0 saturated carbocycles. The molecular weight excluding hydrogens is 478 g/mol. The molecule has 3 N–H and O–H groups in total. The standard InChI is InChI=1S/C28H24F2N4O3/c1-17-23(29)26(36-21-12-6-10-19(14-21)25(31)32)33-27(24(17)30)37-22-13-7-11-20(15-22)28(35)34(2)16-18-8-4-3-5-9-18/h3-15H,16H2,1-2H3,(H3,31,32). The fourth-order valence-corrected chi connectivity index (χ4v) is 3.54. The first-order valence-electron chi connectivity index (χ1n) is 11.3. The van der Waals surface area contributed by atoms with Crippen molar-refractivity contribution in [2.24, 2.45) is 5.73 Å². The van der Waals surface area contributed by atoms with Crippen LogP contribution in [-0.4, -0.2) is 28.7 Å². The van der Waals surface area contributed by atoms with Gasteiger partial charge in [-0.25, -0.2) is 8.78 Å². The summed E-state index contributed by atoms with van der Waals surface area (Å²) in [5, 5.41) is 7.54. The first kappa shape index (κ1) is 25.3. The van der Waals surface area contributed by atoms with Gasteiger partial charge in [0.05, 0.1) is 0 Å². The highest BCUT2D eigenvalue weighted by Gasteiger charge is 2.21. The SMILES string of the molecule is Cc1c(F)c(Oc2cccc(C(=N)N)c2)nc(Oc2cccc(C(=O)N(C)Cc3ccccc3)c2)c1F. The van der Waals surface area contributed by atoms with Crippen molar-refractivity contribution in [3.63, 3.8) is 0 Å². The molecule has 0 saturated heterocycles. The molecule has 0 bridgehead atoms. The number of nitrogens with zero attached hydrogens (tertiary/aromatic N) is 2. The van der Waals surface area contributed by atoms with E-state index in [2.05, 4.69) is 4.98 Å². The van der Waals surface area contributed by atoms with Crippen LogP contribution >= 0.6 is 0 Å². The van der Waals surface area contributed by atoms with Crippen molar-refractivity contribution >= 4 is 11.7 Å². The second kappa shape index (κ2) is 10.9. The summed E-state index contributed by atoms with van der Waals surface area (Å²) >= 11 is 0. The number of amidine groups is 1. The molecule has 9 heteroatoms. The number of rotatable bonds is 8. The van der Waals surface area contributed by atoms with E-state index in [9.17, 15) is 13.6 Å². The molecule has 3 aromatic carbocycles. The Hall–Kier alpha value is -4.79. The van der Waals surface area contributed by atoms with Gasteiger partial charge in [0.1, 0.15) is 17.3 Å². The molecule has 188 valence electrons. The lowest BCUT2D eigenvalue weighted by atomic mass is 10.1. The quantitative estimate of drug-likeness (QED) is 0.234. The van der Waals surface area contributed by atoms with Crippen molar-refractivity contribution < 1.29 is 23.0 Å². The Labute approximate surface area is 212 Å². The Bertz CT molecular complexity index is 1460. The van der Waals surface area contributed by atoms with Crippen LogP contribution in [0.1, 0.15) is 27.0 Å². The van der Waals surface area contributed by atoms with E-state index >= 15 is 0 Å². The van der Waals surface area contributed by atoms with Crippen LogP contribution < -0.4 is 15.2 Å². The lowest BCUT2D eigenvalue weighted by molar-refractivity contribution is 0.0784. The maximum Gasteiger partial charge on any atom is 0.259 e. The van der Waals surface area contributed by atoms with Crippen LogP contribution in [0.2, 0.25) is 0 Å². The minimum Gasteiger partial charge on any atom is -0.436 e. The van der Waals surface area contributed by atoms with Crippen molar-refractivity contribution in [3.8, 4) is 23.3 Å². The number of halogens is 2. The second-order valence-corrected chi connectivity index (χ2v) is 8.30. The Morgan fingerprint density at radius 2 is 1.43 bits per heavy atom. The molecule has 0 unspecified atom stereocenters. The van der Waals surface area contributed by atoms with Gasteiger partial charge in [-0.2, -0.15) is 4.98 Å². The zero-order chi connectivity index (χ0) is 26.5. The fraction of sp³-hybridized carbons (Fsp3) is 0.107. The topological polar surface area (TPSA) is 102 Å². The maximum absolute atomic E-state index is 14.9. The van der Waals surface area contributed by atoms with Gasteiger partial charge in [-0.3, -0.25) is 10.2 Å². The molecule has 0 aliphatic heterocycles. The van der Waals surface area contributed by atoms with Crippen LogP contribution in [0.5, 0.6) is 23.3 Å². The molecule has 0 aliphatic rings. The molecule has 0 radical (unpaired) electrons. The lowest BCUT2D eigenvalue weighted by Gasteiger charge is -2.18. The molecule has 0 atom stereocenters. The number of hydrogen-bond acceptors (Lipinski definition) is 5. The van der Waals surface area contributed by atoms with Gasteiger partial charge in [-0.15, -0.1) is 0 Å². The average molecular weight is 503 g/mol. The van der Waals surface area contributed by atoms with Gasteiger partial charge < -0.3 is 20.1 Å². The molecule has 1 amide bonds. The summed E-state index contributed by atoms with van der Waals surface area (Å²) in [6, 6.07) is 21.9. The third kappa shape index (κ3) is 5.90. The molecule has 0 spiro atoms. The van der Waals surface area contributed by atoms with E-state index in [4.69, 9.17) is 20.6 Å². The smallest absolute Gasteiger partial charge is 0.259 e. The van der Waals surface area contributed by atoms with Crippen LogP contribution in [0.3, 0.4) is 0 Å². The third-order valence-electron chi connectivity index (χ3n) is 5.50. The summed E-state index contributed by atoms with van der Waals surface area (Å²) in [6.07, 6.45) is 0. The van der Waals surface area contributed by atoms with E-state index in [1.54, 1.807) is 36.2 Å². The number of aromatic nitrogens is 1. The van der Waals surface area contributed by atoms with E-state index in [0.29, 0.717) is 17.7 Å². The van der Waals surface area contributed by atoms with Crippen molar-refractivity contribution in [3.05, 3.63) is 113 Å². The second-order valence-electron chi connectivity index (χ2n) is 8.30. The van der Waals surface area contributed by atoms with Gasteiger partial charge in [-0.1, -0.05) is 48.5 Å². The molecule has 1 heterocycles. The van der Waals surface area contributed by atoms with Crippen molar-refractivity contribution in [1.29, 1.82) is 5.41 Å². The van der Waals surface area contributed by atoms with Gasteiger partial charge in [0, 0.05) is 30.3 Å². The number of pyridine rings is 1. The highest BCUT2D eigenvalue weighted by molar-refractivity contribution is 5.95. The summed E-state index contributed by atoms with van der Waals surface area (Å²) in [6.45, 7) is 1.64. The Morgan fingerprint density at radius 1 is 0.892 bits per heavy atom. The number of carbonyl (C=O) groups excluding carboxylic acids is 1. The van der Waals surface area contributed by atoms with Crippen LogP contribution in [0.25, 0.3) is 0 Å². The fourth-order valence-electron chi connectivity index (χ4n) is 3.54. The maximum atomic E-state index is 14.9. The molecule has 0 aliphatic carbocycles.